The van der Waals surface area contributed by atoms with Crippen LogP contribution in [0.3, 0.4) is 0 Å². The van der Waals surface area contributed by atoms with E-state index in [1.807, 2.05) is 6.92 Å². The first-order valence-corrected chi connectivity index (χ1v) is 5.58. The highest BCUT2D eigenvalue weighted by Gasteiger charge is 2.52. The van der Waals surface area contributed by atoms with Crippen LogP contribution in [0.5, 0.6) is 0 Å². The molecule has 86 valence electrons. The van der Waals surface area contributed by atoms with Gasteiger partial charge in [0.05, 0.1) is 19.1 Å². The molecule has 1 aliphatic carbocycles. The van der Waals surface area contributed by atoms with E-state index < -0.39 is 5.60 Å². The van der Waals surface area contributed by atoms with E-state index in [1.165, 1.54) is 7.11 Å². The van der Waals surface area contributed by atoms with Crippen molar-refractivity contribution < 1.29 is 14.6 Å². The van der Waals surface area contributed by atoms with Gasteiger partial charge in [-0.1, -0.05) is 0 Å². The van der Waals surface area contributed by atoms with E-state index in [1.54, 1.807) is 0 Å². The van der Waals surface area contributed by atoms with E-state index in [0.717, 1.165) is 25.9 Å². The molecular weight excluding hydrogens is 194 g/mol. The zero-order valence-corrected chi connectivity index (χ0v) is 9.40. The summed E-state index contributed by atoms with van der Waals surface area (Å²) >= 11 is 0. The summed E-state index contributed by atoms with van der Waals surface area (Å²) in [7, 11) is 1.41. The van der Waals surface area contributed by atoms with Crippen LogP contribution in [0.4, 0.5) is 0 Å². The zero-order chi connectivity index (χ0) is 11.1. The van der Waals surface area contributed by atoms with Crippen LogP contribution >= 0.6 is 0 Å². The van der Waals surface area contributed by atoms with Gasteiger partial charge < -0.3 is 9.84 Å². The number of hydrogen-bond donors (Lipinski definition) is 1. The van der Waals surface area contributed by atoms with Crippen molar-refractivity contribution in [2.75, 3.05) is 20.2 Å². The normalized spacial score (nSPS) is 26.9. The number of β-amino-alcohol motifs (C(OH)–C–C–N with tert-alkyl or cyclic N) is 1. The largest absolute Gasteiger partial charge is 0.469 e. The number of ether oxygens (including phenoxy) is 1. The molecule has 2 rings (SSSR count). The van der Waals surface area contributed by atoms with E-state index in [9.17, 15) is 9.90 Å². The monoisotopic (exact) mass is 213 g/mol. The van der Waals surface area contributed by atoms with Crippen molar-refractivity contribution in [3.05, 3.63) is 0 Å². The van der Waals surface area contributed by atoms with Crippen molar-refractivity contribution in [3.8, 4) is 0 Å². The van der Waals surface area contributed by atoms with Gasteiger partial charge in [0.2, 0.25) is 0 Å². The molecule has 4 heteroatoms. The third-order valence-corrected chi connectivity index (χ3v) is 3.60. The second-order valence-electron chi connectivity index (χ2n) is 4.91. The number of carbonyl (C=O) groups is 1. The van der Waals surface area contributed by atoms with Gasteiger partial charge >= 0.3 is 5.97 Å². The summed E-state index contributed by atoms with van der Waals surface area (Å²) in [5.41, 5.74) is -0.454. The number of nitrogens with zero attached hydrogens (tertiary/aromatic N) is 1. The number of esters is 1. The molecular formula is C11H19NO3. The summed E-state index contributed by atoms with van der Waals surface area (Å²) in [6, 6.07) is 0.177. The molecule has 1 saturated heterocycles. The molecule has 1 heterocycles. The van der Waals surface area contributed by atoms with Gasteiger partial charge in [0, 0.05) is 19.1 Å². The molecule has 2 aliphatic rings. The van der Waals surface area contributed by atoms with Crippen molar-refractivity contribution in [2.45, 2.75) is 37.8 Å². The van der Waals surface area contributed by atoms with Gasteiger partial charge in [0.25, 0.3) is 0 Å². The molecule has 1 saturated carbocycles. The Kier molecular flexibility index (Phi) is 2.73. The molecule has 0 radical (unpaired) electrons. The van der Waals surface area contributed by atoms with Crippen LogP contribution in [0, 0.1) is 5.92 Å². The molecule has 1 atom stereocenters. The summed E-state index contributed by atoms with van der Waals surface area (Å²) in [5, 5.41) is 10.1. The Hall–Kier alpha value is -0.610. The third-order valence-electron chi connectivity index (χ3n) is 3.60. The average Bonchev–Trinajstić information content (AvgIpc) is 2.95. The van der Waals surface area contributed by atoms with Crippen LogP contribution in [-0.2, 0) is 9.53 Å². The SMILES string of the molecule is COC(=O)CC(C)N1CC(O)(C2CC2)C1. The van der Waals surface area contributed by atoms with E-state index in [-0.39, 0.29) is 12.0 Å². The molecule has 15 heavy (non-hydrogen) atoms. The lowest BCUT2D eigenvalue weighted by Crippen LogP contribution is -2.65. The molecule has 0 aromatic rings. The van der Waals surface area contributed by atoms with Crippen molar-refractivity contribution >= 4 is 5.97 Å². The number of methoxy groups -OCH3 is 1. The number of carbonyl (C=O) groups excluding carboxylic acids is 1. The van der Waals surface area contributed by atoms with Gasteiger partial charge in [0.15, 0.2) is 0 Å². The first kappa shape index (κ1) is 10.9. The summed E-state index contributed by atoms with van der Waals surface area (Å²) in [6.07, 6.45) is 2.74. The number of aliphatic hydroxyl groups is 1. The van der Waals surface area contributed by atoms with Crippen LogP contribution in [0.25, 0.3) is 0 Å². The Morgan fingerprint density at radius 1 is 1.60 bits per heavy atom. The Morgan fingerprint density at radius 2 is 2.20 bits per heavy atom. The first-order valence-electron chi connectivity index (χ1n) is 5.58. The van der Waals surface area contributed by atoms with Crippen LogP contribution in [0.2, 0.25) is 0 Å². The Bertz CT molecular complexity index is 257. The topological polar surface area (TPSA) is 49.8 Å². The maximum Gasteiger partial charge on any atom is 0.307 e. The Balaban J connectivity index is 1.75. The minimum Gasteiger partial charge on any atom is -0.469 e. The lowest BCUT2D eigenvalue weighted by atomic mass is 9.87. The fraction of sp³-hybridized carbons (Fsp3) is 0.909. The Morgan fingerprint density at radius 3 is 2.67 bits per heavy atom. The van der Waals surface area contributed by atoms with Crippen molar-refractivity contribution in [1.82, 2.24) is 4.90 Å². The van der Waals surface area contributed by atoms with Crippen LogP contribution < -0.4 is 0 Å². The summed E-state index contributed by atoms with van der Waals surface area (Å²) in [6.45, 7) is 3.44. The smallest absolute Gasteiger partial charge is 0.307 e. The van der Waals surface area contributed by atoms with Gasteiger partial charge in [-0.05, 0) is 25.7 Å². The standard InChI is InChI=1S/C11H19NO3/c1-8(5-10(13)15-2)12-6-11(14,7-12)9-3-4-9/h8-9,14H,3-7H2,1-2H3. The quantitative estimate of drug-likeness (QED) is 0.687. The van der Waals surface area contributed by atoms with Gasteiger partial charge in [0.1, 0.15) is 0 Å². The average molecular weight is 213 g/mol. The predicted molar refractivity (Wildman–Crippen MR) is 55.3 cm³/mol. The summed E-state index contributed by atoms with van der Waals surface area (Å²) in [4.78, 5) is 13.2. The summed E-state index contributed by atoms with van der Waals surface area (Å²) in [5.74, 6) is 0.337. The fourth-order valence-electron chi connectivity index (χ4n) is 2.30. The van der Waals surface area contributed by atoms with Gasteiger partial charge in [-0.2, -0.15) is 0 Å². The van der Waals surface area contributed by atoms with Crippen molar-refractivity contribution in [2.24, 2.45) is 5.92 Å². The Labute approximate surface area is 90.2 Å². The molecule has 0 spiro atoms. The highest BCUT2D eigenvalue weighted by atomic mass is 16.5. The number of rotatable bonds is 4. The van der Waals surface area contributed by atoms with Gasteiger partial charge in [-0.25, -0.2) is 0 Å². The molecule has 2 fully saturated rings. The molecule has 1 unspecified atom stereocenters. The lowest BCUT2D eigenvalue weighted by Gasteiger charge is -2.49. The number of hydrogen-bond acceptors (Lipinski definition) is 4. The second-order valence-corrected chi connectivity index (χ2v) is 4.91. The fourth-order valence-corrected chi connectivity index (χ4v) is 2.30. The zero-order valence-electron chi connectivity index (χ0n) is 9.40. The molecule has 0 aromatic carbocycles. The molecule has 4 nitrogen and oxygen atoms in total. The minimum atomic E-state index is -0.454. The molecule has 0 amide bonds. The van der Waals surface area contributed by atoms with E-state index in [0.29, 0.717) is 12.3 Å². The van der Waals surface area contributed by atoms with Crippen LogP contribution in [-0.4, -0.2) is 47.8 Å². The van der Waals surface area contributed by atoms with E-state index in [2.05, 4.69) is 9.64 Å². The maximum absolute atomic E-state index is 11.1. The van der Waals surface area contributed by atoms with Crippen LogP contribution in [0.15, 0.2) is 0 Å². The van der Waals surface area contributed by atoms with Crippen molar-refractivity contribution in [1.29, 1.82) is 0 Å². The number of likely N-dealkylation sites (tertiary alicyclic amines) is 1. The molecule has 1 N–H and O–H groups in total. The summed E-state index contributed by atoms with van der Waals surface area (Å²) < 4.78 is 4.62. The first-order chi connectivity index (χ1) is 7.05. The maximum atomic E-state index is 11.1. The lowest BCUT2D eigenvalue weighted by molar-refractivity contribution is -0.149. The van der Waals surface area contributed by atoms with E-state index in [4.69, 9.17) is 0 Å². The van der Waals surface area contributed by atoms with Crippen molar-refractivity contribution in [3.63, 3.8) is 0 Å². The second kappa shape index (κ2) is 3.76. The van der Waals surface area contributed by atoms with Crippen LogP contribution in [0.1, 0.15) is 26.2 Å². The highest BCUT2D eigenvalue weighted by molar-refractivity contribution is 5.69. The highest BCUT2D eigenvalue weighted by Crippen LogP contribution is 2.45. The van der Waals surface area contributed by atoms with Gasteiger partial charge in [-0.15, -0.1) is 0 Å². The van der Waals surface area contributed by atoms with E-state index >= 15 is 0 Å². The van der Waals surface area contributed by atoms with Gasteiger partial charge in [-0.3, -0.25) is 9.69 Å². The molecule has 1 aliphatic heterocycles. The third kappa shape index (κ3) is 2.16. The molecule has 0 bridgehead atoms. The minimum absolute atomic E-state index is 0.177. The predicted octanol–water partition coefficient (Wildman–Crippen LogP) is 0.395. The molecule has 0 aromatic heterocycles.